The van der Waals surface area contributed by atoms with Gasteiger partial charge < -0.3 is 4.74 Å². The maximum Gasteiger partial charge on any atom is 0.413 e. The van der Waals surface area contributed by atoms with Crippen molar-refractivity contribution in [1.82, 2.24) is 0 Å². The Balaban J connectivity index is 5.27. The normalized spacial score (nSPS) is 13.4. The standard InChI is InChI=1S/C8H8F6O2/c1-3-4-16-5(15)6(2,7(9,10)11)8(12,13)14/h3H,1,4H2,2H3. The zero-order valence-corrected chi connectivity index (χ0v) is 8.08. The van der Waals surface area contributed by atoms with Gasteiger partial charge in [0.25, 0.3) is 5.41 Å². The number of ether oxygens (including phenoxy) is 1. The van der Waals surface area contributed by atoms with E-state index in [9.17, 15) is 31.1 Å². The van der Waals surface area contributed by atoms with Gasteiger partial charge in [-0.05, 0) is 6.92 Å². The molecule has 0 radical (unpaired) electrons. The molecule has 94 valence electrons. The molecule has 0 aliphatic rings. The smallest absolute Gasteiger partial charge is 0.413 e. The monoisotopic (exact) mass is 250 g/mol. The van der Waals surface area contributed by atoms with Crippen LogP contribution in [-0.2, 0) is 9.53 Å². The van der Waals surface area contributed by atoms with E-state index in [2.05, 4.69) is 11.3 Å². The SMILES string of the molecule is C=CCOC(=O)C(C)(C(F)(F)F)C(F)(F)F. The predicted molar refractivity (Wildman–Crippen MR) is 41.4 cm³/mol. The molecule has 0 bridgehead atoms. The van der Waals surface area contributed by atoms with Gasteiger partial charge in [0.15, 0.2) is 0 Å². The maximum absolute atomic E-state index is 12.2. The van der Waals surface area contributed by atoms with Crippen LogP contribution < -0.4 is 0 Å². The third-order valence-corrected chi connectivity index (χ3v) is 1.87. The molecular formula is C8H8F6O2. The van der Waals surface area contributed by atoms with Crippen molar-refractivity contribution in [1.29, 1.82) is 0 Å². The van der Waals surface area contributed by atoms with Crippen LogP contribution in [-0.4, -0.2) is 24.9 Å². The van der Waals surface area contributed by atoms with Gasteiger partial charge in [0, 0.05) is 0 Å². The lowest BCUT2D eigenvalue weighted by atomic mass is 9.89. The first-order valence-electron chi connectivity index (χ1n) is 3.90. The van der Waals surface area contributed by atoms with Gasteiger partial charge in [-0.3, -0.25) is 4.79 Å². The topological polar surface area (TPSA) is 26.3 Å². The molecule has 0 aromatic heterocycles. The van der Waals surface area contributed by atoms with Gasteiger partial charge in [0.2, 0.25) is 0 Å². The highest BCUT2D eigenvalue weighted by Crippen LogP contribution is 2.50. The summed E-state index contributed by atoms with van der Waals surface area (Å²) < 4.78 is 77.2. The molecule has 0 unspecified atom stereocenters. The molecule has 0 spiro atoms. The fourth-order valence-electron chi connectivity index (χ4n) is 0.671. The third kappa shape index (κ3) is 2.48. The third-order valence-electron chi connectivity index (χ3n) is 1.87. The highest BCUT2D eigenvalue weighted by atomic mass is 19.4. The van der Waals surface area contributed by atoms with Crippen LogP contribution in [0, 0.1) is 5.41 Å². The second-order valence-electron chi connectivity index (χ2n) is 3.01. The molecule has 2 nitrogen and oxygen atoms in total. The van der Waals surface area contributed by atoms with Crippen LogP contribution in [0.1, 0.15) is 6.92 Å². The summed E-state index contributed by atoms with van der Waals surface area (Å²) in [6.07, 6.45) is -10.7. The van der Waals surface area contributed by atoms with Gasteiger partial charge in [-0.15, -0.1) is 0 Å². The van der Waals surface area contributed by atoms with E-state index in [0.717, 1.165) is 6.08 Å². The number of alkyl halides is 6. The zero-order valence-electron chi connectivity index (χ0n) is 8.08. The van der Waals surface area contributed by atoms with Crippen molar-refractivity contribution in [3.8, 4) is 0 Å². The summed E-state index contributed by atoms with van der Waals surface area (Å²) in [5.74, 6) is -2.40. The molecule has 0 saturated carbocycles. The first-order valence-corrected chi connectivity index (χ1v) is 3.90. The van der Waals surface area contributed by atoms with Crippen molar-refractivity contribution < 1.29 is 35.9 Å². The number of halogens is 6. The molecule has 0 saturated heterocycles. The Kier molecular flexibility index (Phi) is 4.01. The quantitative estimate of drug-likeness (QED) is 0.437. The largest absolute Gasteiger partial charge is 0.461 e. The van der Waals surface area contributed by atoms with E-state index < -0.39 is 30.3 Å². The van der Waals surface area contributed by atoms with Crippen LogP contribution >= 0.6 is 0 Å². The minimum absolute atomic E-state index is 0.265. The second-order valence-corrected chi connectivity index (χ2v) is 3.01. The number of carbonyl (C=O) groups is 1. The number of carbonyl (C=O) groups excluding carboxylic acids is 1. The van der Waals surface area contributed by atoms with Gasteiger partial charge in [0.1, 0.15) is 6.61 Å². The molecule has 0 aromatic carbocycles. The van der Waals surface area contributed by atoms with Crippen LogP contribution in [0.25, 0.3) is 0 Å². The lowest BCUT2D eigenvalue weighted by Gasteiger charge is -2.31. The van der Waals surface area contributed by atoms with Crippen molar-refractivity contribution >= 4 is 5.97 Å². The summed E-state index contributed by atoms with van der Waals surface area (Å²) in [5.41, 5.74) is -4.52. The highest BCUT2D eigenvalue weighted by molar-refractivity contribution is 5.78. The first kappa shape index (κ1) is 14.8. The molecule has 0 aliphatic heterocycles. The molecule has 0 aliphatic carbocycles. The Morgan fingerprint density at radius 3 is 1.81 bits per heavy atom. The van der Waals surface area contributed by atoms with Gasteiger partial charge in [0.05, 0.1) is 0 Å². The fourth-order valence-corrected chi connectivity index (χ4v) is 0.671. The van der Waals surface area contributed by atoms with Gasteiger partial charge in [-0.25, -0.2) is 0 Å². The Morgan fingerprint density at radius 1 is 1.19 bits per heavy atom. The zero-order chi connectivity index (χ0) is 13.2. The summed E-state index contributed by atoms with van der Waals surface area (Å²) in [6.45, 7) is 2.01. The first-order chi connectivity index (χ1) is 6.98. The molecule has 16 heavy (non-hydrogen) atoms. The van der Waals surface area contributed by atoms with Gasteiger partial charge in [-0.1, -0.05) is 12.7 Å². The Morgan fingerprint density at radius 2 is 1.56 bits per heavy atom. The van der Waals surface area contributed by atoms with Crippen LogP contribution in [0.15, 0.2) is 12.7 Å². The van der Waals surface area contributed by atoms with E-state index in [1.165, 1.54) is 0 Å². The molecule has 0 atom stereocenters. The highest BCUT2D eigenvalue weighted by Gasteiger charge is 2.73. The lowest BCUT2D eigenvalue weighted by Crippen LogP contribution is -2.54. The van der Waals surface area contributed by atoms with E-state index in [1.54, 1.807) is 0 Å². The molecular weight excluding hydrogens is 242 g/mol. The minimum atomic E-state index is -5.77. The van der Waals surface area contributed by atoms with E-state index in [-0.39, 0.29) is 6.92 Å². The Hall–Kier alpha value is -1.21. The van der Waals surface area contributed by atoms with Crippen molar-refractivity contribution in [2.24, 2.45) is 5.41 Å². The average Bonchev–Trinajstić information content (AvgIpc) is 2.08. The van der Waals surface area contributed by atoms with Crippen molar-refractivity contribution in [2.75, 3.05) is 6.61 Å². The van der Waals surface area contributed by atoms with Crippen molar-refractivity contribution in [3.63, 3.8) is 0 Å². The van der Waals surface area contributed by atoms with Gasteiger partial charge in [-0.2, -0.15) is 26.3 Å². The molecule has 0 fully saturated rings. The van der Waals surface area contributed by atoms with E-state index in [4.69, 9.17) is 0 Å². The summed E-state index contributed by atoms with van der Waals surface area (Å²) in [6, 6.07) is 0. The number of hydrogen-bond acceptors (Lipinski definition) is 2. The number of rotatable bonds is 3. The maximum atomic E-state index is 12.2. The molecule has 0 rings (SSSR count). The van der Waals surface area contributed by atoms with E-state index >= 15 is 0 Å². The molecule has 0 heterocycles. The predicted octanol–water partition coefficient (Wildman–Crippen LogP) is 2.85. The molecule has 8 heteroatoms. The molecule has 0 aromatic rings. The summed E-state index contributed by atoms with van der Waals surface area (Å²) in [4.78, 5) is 10.8. The summed E-state index contributed by atoms with van der Waals surface area (Å²) >= 11 is 0. The summed E-state index contributed by atoms with van der Waals surface area (Å²) in [5, 5.41) is 0. The van der Waals surface area contributed by atoms with Crippen molar-refractivity contribution in [2.45, 2.75) is 19.3 Å². The summed E-state index contributed by atoms with van der Waals surface area (Å²) in [7, 11) is 0. The Labute approximate surface area is 86.9 Å². The second kappa shape index (κ2) is 4.34. The Bertz CT molecular complexity index is 263. The van der Waals surface area contributed by atoms with E-state index in [0.29, 0.717) is 0 Å². The lowest BCUT2D eigenvalue weighted by molar-refractivity contribution is -0.326. The minimum Gasteiger partial charge on any atom is -0.461 e. The fraction of sp³-hybridized carbons (Fsp3) is 0.625. The average molecular weight is 250 g/mol. The van der Waals surface area contributed by atoms with Crippen LogP contribution in [0.4, 0.5) is 26.3 Å². The molecule has 0 N–H and O–H groups in total. The van der Waals surface area contributed by atoms with Crippen LogP contribution in [0.2, 0.25) is 0 Å². The van der Waals surface area contributed by atoms with Gasteiger partial charge >= 0.3 is 18.3 Å². The van der Waals surface area contributed by atoms with Crippen molar-refractivity contribution in [3.05, 3.63) is 12.7 Å². The molecule has 0 amide bonds. The van der Waals surface area contributed by atoms with Crippen LogP contribution in [0.5, 0.6) is 0 Å². The number of hydrogen-bond donors (Lipinski definition) is 0. The number of esters is 1. The van der Waals surface area contributed by atoms with E-state index in [1.807, 2.05) is 0 Å². The van der Waals surface area contributed by atoms with Crippen LogP contribution in [0.3, 0.4) is 0 Å².